The first-order valence-electron chi connectivity index (χ1n) is 7.54. The number of pyridine rings is 1. The van der Waals surface area contributed by atoms with Gasteiger partial charge in [0.05, 0.1) is 18.2 Å². The molecule has 1 unspecified atom stereocenters. The number of fused-ring (bicyclic) bond motifs is 1. The molecule has 1 aliphatic rings. The van der Waals surface area contributed by atoms with Crippen molar-refractivity contribution in [3.63, 3.8) is 0 Å². The van der Waals surface area contributed by atoms with E-state index in [1.54, 1.807) is 4.57 Å². The van der Waals surface area contributed by atoms with E-state index >= 15 is 0 Å². The molecular weight excluding hydrogens is 276 g/mol. The van der Waals surface area contributed by atoms with E-state index in [1.807, 2.05) is 37.4 Å². The van der Waals surface area contributed by atoms with Crippen LogP contribution < -0.4 is 5.56 Å². The highest BCUT2D eigenvalue weighted by Crippen LogP contribution is 2.15. The van der Waals surface area contributed by atoms with E-state index in [4.69, 9.17) is 11.2 Å². The number of benzene rings is 1. The quantitative estimate of drug-likeness (QED) is 0.810. The van der Waals surface area contributed by atoms with Gasteiger partial charge in [0.1, 0.15) is 0 Å². The van der Waals surface area contributed by atoms with Gasteiger partial charge in [0, 0.05) is 38.7 Å². The summed E-state index contributed by atoms with van der Waals surface area (Å²) >= 11 is 0. The maximum atomic E-state index is 12.5. The lowest BCUT2D eigenvalue weighted by atomic mass is 10.1. The predicted molar refractivity (Wildman–Crippen MR) is 87.7 cm³/mol. The van der Waals surface area contributed by atoms with Gasteiger partial charge in [-0.3, -0.25) is 9.69 Å². The highest BCUT2D eigenvalue weighted by Gasteiger charge is 2.21. The average Bonchev–Trinajstić information content (AvgIpc) is 2.53. The Kier molecular flexibility index (Phi) is 4.28. The van der Waals surface area contributed by atoms with Crippen molar-refractivity contribution in [2.45, 2.75) is 19.1 Å². The number of aromatic nitrogens is 1. The lowest BCUT2D eigenvalue weighted by Crippen LogP contribution is -2.42. The Labute approximate surface area is 130 Å². The number of nitrogens with zero attached hydrogens (tertiary/aromatic N) is 2. The lowest BCUT2D eigenvalue weighted by molar-refractivity contribution is -0.0283. The van der Waals surface area contributed by atoms with Gasteiger partial charge in [-0.1, -0.05) is 18.2 Å². The summed E-state index contributed by atoms with van der Waals surface area (Å²) in [7, 11) is 1.83. The van der Waals surface area contributed by atoms with Crippen LogP contribution in [0.3, 0.4) is 0 Å². The summed E-state index contributed by atoms with van der Waals surface area (Å²) in [6.45, 7) is 2.92. The summed E-state index contributed by atoms with van der Waals surface area (Å²) in [5, 5.41) is 1.09. The van der Waals surface area contributed by atoms with Crippen molar-refractivity contribution in [3.8, 4) is 12.3 Å². The van der Waals surface area contributed by atoms with Gasteiger partial charge in [-0.15, -0.1) is 12.3 Å². The van der Waals surface area contributed by atoms with E-state index in [-0.39, 0.29) is 11.7 Å². The fourth-order valence-electron chi connectivity index (χ4n) is 3.02. The van der Waals surface area contributed by atoms with Crippen LogP contribution in [0.2, 0.25) is 0 Å². The van der Waals surface area contributed by atoms with Gasteiger partial charge in [-0.2, -0.15) is 0 Å². The van der Waals surface area contributed by atoms with E-state index in [2.05, 4.69) is 10.8 Å². The Balaban J connectivity index is 1.86. The molecule has 2 heterocycles. The number of aryl methyl sites for hydroxylation is 1. The maximum Gasteiger partial charge on any atom is 0.255 e. The number of ether oxygens (including phenoxy) is 1. The van der Waals surface area contributed by atoms with Crippen molar-refractivity contribution in [2.24, 2.45) is 7.05 Å². The molecule has 3 rings (SSSR count). The molecule has 1 fully saturated rings. The second kappa shape index (κ2) is 6.35. The fraction of sp³-hybridized carbons (Fsp3) is 0.389. The Morgan fingerprint density at radius 2 is 2.23 bits per heavy atom. The first-order valence-corrected chi connectivity index (χ1v) is 7.54. The SMILES string of the molecule is C#CCC1CN(Cc2cc3ccccc3n(C)c2=O)CCO1. The van der Waals surface area contributed by atoms with E-state index < -0.39 is 0 Å². The molecule has 2 aromatic rings. The molecule has 0 amide bonds. The predicted octanol–water partition coefficient (Wildman–Crippen LogP) is 1.76. The van der Waals surface area contributed by atoms with Crippen LogP contribution in [0.5, 0.6) is 0 Å². The Hall–Kier alpha value is -2.09. The van der Waals surface area contributed by atoms with Gasteiger partial charge in [-0.25, -0.2) is 0 Å². The molecule has 1 aliphatic heterocycles. The minimum atomic E-state index is 0.0682. The van der Waals surface area contributed by atoms with Crippen molar-refractivity contribution >= 4 is 10.9 Å². The van der Waals surface area contributed by atoms with Crippen LogP contribution in [0.25, 0.3) is 10.9 Å². The summed E-state index contributed by atoms with van der Waals surface area (Å²) in [5.41, 5.74) is 1.85. The summed E-state index contributed by atoms with van der Waals surface area (Å²) in [6, 6.07) is 9.96. The molecule has 1 atom stereocenters. The largest absolute Gasteiger partial charge is 0.375 e. The van der Waals surface area contributed by atoms with Gasteiger partial charge < -0.3 is 9.30 Å². The van der Waals surface area contributed by atoms with E-state index in [0.717, 1.165) is 29.6 Å². The van der Waals surface area contributed by atoms with Crippen LogP contribution in [-0.2, 0) is 18.3 Å². The van der Waals surface area contributed by atoms with Crippen LogP contribution in [-0.4, -0.2) is 35.3 Å². The summed E-state index contributed by atoms with van der Waals surface area (Å²) < 4.78 is 7.37. The first-order chi connectivity index (χ1) is 10.7. The second-order valence-corrected chi connectivity index (χ2v) is 5.73. The topological polar surface area (TPSA) is 34.5 Å². The normalized spacial score (nSPS) is 19.2. The zero-order valence-corrected chi connectivity index (χ0v) is 12.8. The van der Waals surface area contributed by atoms with Crippen molar-refractivity contribution in [3.05, 3.63) is 46.2 Å². The minimum Gasteiger partial charge on any atom is -0.375 e. The van der Waals surface area contributed by atoms with E-state index in [0.29, 0.717) is 19.6 Å². The van der Waals surface area contributed by atoms with Gasteiger partial charge in [0.25, 0.3) is 5.56 Å². The molecule has 1 saturated heterocycles. The molecular formula is C18H20N2O2. The zero-order chi connectivity index (χ0) is 15.5. The lowest BCUT2D eigenvalue weighted by Gasteiger charge is -2.32. The van der Waals surface area contributed by atoms with Gasteiger partial charge in [-0.05, 0) is 17.5 Å². The molecule has 4 heteroatoms. The standard InChI is InChI=1S/C18H20N2O2/c1-3-6-16-13-20(9-10-22-16)12-15-11-14-7-4-5-8-17(14)19(2)18(15)21/h1,4-5,7-8,11,16H,6,9-10,12-13H2,2H3. The maximum absolute atomic E-state index is 12.5. The fourth-order valence-corrected chi connectivity index (χ4v) is 3.02. The third kappa shape index (κ3) is 2.92. The molecule has 22 heavy (non-hydrogen) atoms. The van der Waals surface area contributed by atoms with Crippen molar-refractivity contribution < 1.29 is 4.74 Å². The Bertz CT molecular complexity index is 773. The third-order valence-electron chi connectivity index (χ3n) is 4.17. The molecule has 0 spiro atoms. The summed E-state index contributed by atoms with van der Waals surface area (Å²) in [6.07, 6.45) is 6.05. The van der Waals surface area contributed by atoms with Crippen LogP contribution in [0, 0.1) is 12.3 Å². The Morgan fingerprint density at radius 1 is 1.41 bits per heavy atom. The molecule has 114 valence electrons. The molecule has 0 N–H and O–H groups in total. The molecule has 1 aromatic carbocycles. The van der Waals surface area contributed by atoms with E-state index in [1.165, 1.54) is 0 Å². The number of rotatable bonds is 3. The molecule has 0 aliphatic carbocycles. The van der Waals surface area contributed by atoms with Crippen LogP contribution >= 0.6 is 0 Å². The highest BCUT2D eigenvalue weighted by atomic mass is 16.5. The summed E-state index contributed by atoms with van der Waals surface area (Å²) in [5.74, 6) is 2.65. The number of hydrogen-bond acceptors (Lipinski definition) is 3. The molecule has 0 saturated carbocycles. The average molecular weight is 296 g/mol. The van der Waals surface area contributed by atoms with Crippen LogP contribution in [0.15, 0.2) is 35.1 Å². The smallest absolute Gasteiger partial charge is 0.255 e. The van der Waals surface area contributed by atoms with Gasteiger partial charge in [0.2, 0.25) is 0 Å². The van der Waals surface area contributed by atoms with Crippen molar-refractivity contribution in [1.29, 1.82) is 0 Å². The van der Waals surface area contributed by atoms with Crippen molar-refractivity contribution in [2.75, 3.05) is 19.7 Å². The highest BCUT2D eigenvalue weighted by molar-refractivity contribution is 5.79. The number of terminal acetylenes is 1. The second-order valence-electron chi connectivity index (χ2n) is 5.73. The number of para-hydroxylation sites is 1. The van der Waals surface area contributed by atoms with E-state index in [9.17, 15) is 4.79 Å². The molecule has 0 radical (unpaired) electrons. The van der Waals surface area contributed by atoms with Gasteiger partial charge in [0.15, 0.2) is 0 Å². The summed E-state index contributed by atoms with van der Waals surface area (Å²) in [4.78, 5) is 14.8. The van der Waals surface area contributed by atoms with Gasteiger partial charge >= 0.3 is 0 Å². The number of morpholine rings is 1. The van der Waals surface area contributed by atoms with Crippen LogP contribution in [0.4, 0.5) is 0 Å². The molecule has 4 nitrogen and oxygen atoms in total. The molecule has 0 bridgehead atoms. The first kappa shape index (κ1) is 14.8. The third-order valence-corrected chi connectivity index (χ3v) is 4.17. The monoisotopic (exact) mass is 296 g/mol. The Morgan fingerprint density at radius 3 is 3.05 bits per heavy atom. The zero-order valence-electron chi connectivity index (χ0n) is 12.8. The minimum absolute atomic E-state index is 0.0682. The van der Waals surface area contributed by atoms with Crippen molar-refractivity contribution in [1.82, 2.24) is 9.47 Å². The van der Waals surface area contributed by atoms with Crippen LogP contribution in [0.1, 0.15) is 12.0 Å². The molecule has 1 aromatic heterocycles. The number of hydrogen-bond donors (Lipinski definition) is 0.